The van der Waals surface area contributed by atoms with Crippen molar-refractivity contribution in [2.75, 3.05) is 18.4 Å². The quantitative estimate of drug-likeness (QED) is 0.594. The molecular formula is C20H26N6O3. The predicted octanol–water partition coefficient (Wildman–Crippen LogP) is 0.647. The fourth-order valence-electron chi connectivity index (χ4n) is 3.29. The SMILES string of the molecule is CC(=O)NCCNc1nc2c(c(=O)n(C)c(=O)n2C)n1Cc1cc(C)ccc1C. The van der Waals surface area contributed by atoms with Gasteiger partial charge in [0, 0.05) is 34.1 Å². The Morgan fingerprint density at radius 1 is 1.10 bits per heavy atom. The lowest BCUT2D eigenvalue weighted by atomic mass is 10.1. The summed E-state index contributed by atoms with van der Waals surface area (Å²) >= 11 is 0. The number of amides is 1. The van der Waals surface area contributed by atoms with Crippen LogP contribution >= 0.6 is 0 Å². The van der Waals surface area contributed by atoms with E-state index in [9.17, 15) is 14.4 Å². The van der Waals surface area contributed by atoms with Crippen LogP contribution in [0.15, 0.2) is 27.8 Å². The van der Waals surface area contributed by atoms with Gasteiger partial charge >= 0.3 is 5.69 Å². The van der Waals surface area contributed by atoms with E-state index in [1.165, 1.54) is 18.5 Å². The standard InChI is InChI=1S/C20H26N6O3/c1-12-6-7-13(2)15(10-12)11-26-16-17(24(4)20(29)25(5)18(16)28)23-19(26)22-9-8-21-14(3)27/h6-7,10H,8-9,11H2,1-5H3,(H,21,27)(H,22,23). The number of benzene rings is 1. The highest BCUT2D eigenvalue weighted by Crippen LogP contribution is 2.20. The number of nitrogens with one attached hydrogen (secondary N) is 2. The summed E-state index contributed by atoms with van der Waals surface area (Å²) in [6.45, 7) is 6.77. The van der Waals surface area contributed by atoms with Crippen LogP contribution in [0.1, 0.15) is 23.6 Å². The number of aromatic nitrogens is 4. The first-order chi connectivity index (χ1) is 13.7. The van der Waals surface area contributed by atoms with Gasteiger partial charge in [-0.2, -0.15) is 4.98 Å². The summed E-state index contributed by atoms with van der Waals surface area (Å²) in [6.07, 6.45) is 0. The first-order valence-corrected chi connectivity index (χ1v) is 9.41. The van der Waals surface area contributed by atoms with Crippen molar-refractivity contribution in [3.8, 4) is 0 Å². The van der Waals surface area contributed by atoms with Crippen molar-refractivity contribution in [3.63, 3.8) is 0 Å². The Morgan fingerprint density at radius 2 is 1.83 bits per heavy atom. The molecule has 1 amide bonds. The van der Waals surface area contributed by atoms with Gasteiger partial charge in [0.1, 0.15) is 0 Å². The molecule has 2 heterocycles. The molecule has 0 radical (unpaired) electrons. The molecule has 2 aromatic heterocycles. The minimum Gasteiger partial charge on any atom is -0.355 e. The largest absolute Gasteiger partial charge is 0.355 e. The molecule has 0 saturated carbocycles. The van der Waals surface area contributed by atoms with Crippen LogP contribution in [0.4, 0.5) is 5.95 Å². The molecule has 0 aliphatic heterocycles. The molecule has 3 aromatic rings. The molecule has 3 rings (SSSR count). The van der Waals surface area contributed by atoms with E-state index in [0.717, 1.165) is 21.3 Å². The average Bonchev–Trinajstić information content (AvgIpc) is 3.03. The van der Waals surface area contributed by atoms with Crippen molar-refractivity contribution in [1.29, 1.82) is 0 Å². The highest BCUT2D eigenvalue weighted by molar-refractivity contribution is 5.75. The van der Waals surface area contributed by atoms with Crippen molar-refractivity contribution in [3.05, 3.63) is 55.7 Å². The summed E-state index contributed by atoms with van der Waals surface area (Å²) < 4.78 is 4.26. The topological polar surface area (TPSA) is 103 Å². The third-order valence-corrected chi connectivity index (χ3v) is 4.96. The monoisotopic (exact) mass is 398 g/mol. The zero-order valence-corrected chi connectivity index (χ0v) is 17.4. The van der Waals surface area contributed by atoms with Crippen molar-refractivity contribution >= 4 is 23.0 Å². The summed E-state index contributed by atoms with van der Waals surface area (Å²) in [5, 5.41) is 5.90. The maximum atomic E-state index is 12.9. The molecule has 0 bridgehead atoms. The summed E-state index contributed by atoms with van der Waals surface area (Å²) in [5.74, 6) is 0.358. The van der Waals surface area contributed by atoms with E-state index in [4.69, 9.17) is 0 Å². The zero-order chi connectivity index (χ0) is 21.3. The van der Waals surface area contributed by atoms with Crippen molar-refractivity contribution in [2.24, 2.45) is 14.1 Å². The second-order valence-electron chi connectivity index (χ2n) is 7.24. The first kappa shape index (κ1) is 20.4. The Hall–Kier alpha value is -3.36. The van der Waals surface area contributed by atoms with Gasteiger partial charge in [-0.15, -0.1) is 0 Å². The van der Waals surface area contributed by atoms with Gasteiger partial charge < -0.3 is 10.6 Å². The lowest BCUT2D eigenvalue weighted by Crippen LogP contribution is -2.37. The van der Waals surface area contributed by atoms with Crippen LogP contribution in [0.3, 0.4) is 0 Å². The molecule has 0 saturated heterocycles. The van der Waals surface area contributed by atoms with Crippen LogP contribution in [0.5, 0.6) is 0 Å². The van der Waals surface area contributed by atoms with Gasteiger partial charge in [-0.3, -0.25) is 23.3 Å². The fourth-order valence-corrected chi connectivity index (χ4v) is 3.29. The van der Waals surface area contributed by atoms with Crippen LogP contribution in [0.2, 0.25) is 0 Å². The van der Waals surface area contributed by atoms with E-state index >= 15 is 0 Å². The Kier molecular flexibility index (Phi) is 5.58. The van der Waals surface area contributed by atoms with Gasteiger partial charge in [0.15, 0.2) is 11.2 Å². The number of nitrogens with zero attached hydrogens (tertiary/aromatic N) is 4. The minimum atomic E-state index is -0.427. The number of anilines is 1. The van der Waals surface area contributed by atoms with Crippen LogP contribution in [-0.4, -0.2) is 37.7 Å². The Bertz CT molecular complexity index is 1200. The average molecular weight is 398 g/mol. The molecule has 154 valence electrons. The molecule has 0 spiro atoms. The molecule has 0 aliphatic rings. The van der Waals surface area contributed by atoms with E-state index < -0.39 is 11.2 Å². The van der Waals surface area contributed by atoms with Crippen LogP contribution in [0.25, 0.3) is 11.2 Å². The van der Waals surface area contributed by atoms with E-state index in [-0.39, 0.29) is 5.91 Å². The Morgan fingerprint density at radius 3 is 2.52 bits per heavy atom. The van der Waals surface area contributed by atoms with Gasteiger partial charge in [-0.05, 0) is 25.0 Å². The normalized spacial score (nSPS) is 11.1. The van der Waals surface area contributed by atoms with Gasteiger partial charge in [0.2, 0.25) is 11.9 Å². The van der Waals surface area contributed by atoms with Gasteiger partial charge in [0.25, 0.3) is 5.56 Å². The second kappa shape index (κ2) is 7.94. The van der Waals surface area contributed by atoms with E-state index in [2.05, 4.69) is 21.7 Å². The lowest BCUT2D eigenvalue weighted by molar-refractivity contribution is -0.118. The minimum absolute atomic E-state index is 0.119. The molecule has 2 N–H and O–H groups in total. The van der Waals surface area contributed by atoms with E-state index in [0.29, 0.717) is 36.7 Å². The third kappa shape index (κ3) is 3.94. The number of rotatable bonds is 6. The maximum absolute atomic E-state index is 12.9. The molecule has 0 atom stereocenters. The molecule has 29 heavy (non-hydrogen) atoms. The molecule has 9 nitrogen and oxygen atoms in total. The number of aryl methyl sites for hydroxylation is 3. The van der Waals surface area contributed by atoms with Gasteiger partial charge in [-0.1, -0.05) is 23.8 Å². The number of fused-ring (bicyclic) bond motifs is 1. The predicted molar refractivity (Wildman–Crippen MR) is 112 cm³/mol. The number of imidazole rings is 1. The highest BCUT2D eigenvalue weighted by atomic mass is 16.2. The summed E-state index contributed by atoms with van der Waals surface area (Å²) in [7, 11) is 3.06. The molecule has 0 fully saturated rings. The molecular weight excluding hydrogens is 372 g/mol. The lowest BCUT2D eigenvalue weighted by Gasteiger charge is -2.13. The van der Waals surface area contributed by atoms with Crippen LogP contribution < -0.4 is 21.9 Å². The molecule has 0 aliphatic carbocycles. The van der Waals surface area contributed by atoms with Crippen molar-refractivity contribution in [2.45, 2.75) is 27.3 Å². The van der Waals surface area contributed by atoms with Crippen molar-refractivity contribution < 1.29 is 4.79 Å². The Balaban J connectivity index is 2.14. The number of carbonyl (C=O) groups excluding carboxylic acids is 1. The number of carbonyl (C=O) groups is 1. The highest BCUT2D eigenvalue weighted by Gasteiger charge is 2.19. The van der Waals surface area contributed by atoms with Gasteiger partial charge in [0.05, 0.1) is 6.54 Å². The van der Waals surface area contributed by atoms with Gasteiger partial charge in [-0.25, -0.2) is 4.79 Å². The van der Waals surface area contributed by atoms with Crippen molar-refractivity contribution in [1.82, 2.24) is 24.0 Å². The van der Waals surface area contributed by atoms with E-state index in [1.54, 1.807) is 11.6 Å². The number of hydrogen-bond acceptors (Lipinski definition) is 5. The second-order valence-corrected chi connectivity index (χ2v) is 7.24. The summed E-state index contributed by atoms with van der Waals surface area (Å²) in [5.41, 5.74) is 3.14. The Labute approximate surface area is 168 Å². The first-order valence-electron chi connectivity index (χ1n) is 9.41. The fraction of sp³-hybridized carbons (Fsp3) is 0.400. The third-order valence-electron chi connectivity index (χ3n) is 4.96. The summed E-state index contributed by atoms with van der Waals surface area (Å²) in [4.78, 5) is 40.9. The molecule has 9 heteroatoms. The van der Waals surface area contributed by atoms with Crippen LogP contribution in [0, 0.1) is 13.8 Å². The zero-order valence-electron chi connectivity index (χ0n) is 17.4. The van der Waals surface area contributed by atoms with Crippen LogP contribution in [-0.2, 0) is 25.4 Å². The number of hydrogen-bond donors (Lipinski definition) is 2. The molecule has 0 unspecified atom stereocenters. The smallest absolute Gasteiger partial charge is 0.332 e. The van der Waals surface area contributed by atoms with E-state index in [1.807, 2.05) is 26.0 Å². The maximum Gasteiger partial charge on any atom is 0.332 e. The summed E-state index contributed by atoms with van der Waals surface area (Å²) in [6, 6.07) is 6.16. The molecule has 1 aromatic carbocycles.